The predicted octanol–water partition coefficient (Wildman–Crippen LogP) is 4.97. The van der Waals surface area contributed by atoms with Crippen LogP contribution in [0.4, 0.5) is 0 Å². The van der Waals surface area contributed by atoms with Crippen LogP contribution < -0.4 is 24.4 Å². The second kappa shape index (κ2) is 13.6. The van der Waals surface area contributed by atoms with Gasteiger partial charge in [0.05, 0.1) is 42.2 Å². The first-order valence-electron chi connectivity index (χ1n) is 14.2. The number of nitrogens with zero attached hydrogens (tertiary/aromatic N) is 2. The summed E-state index contributed by atoms with van der Waals surface area (Å²) < 4.78 is 29.4. The fourth-order valence-electron chi connectivity index (χ4n) is 4.95. The number of furan rings is 1. The van der Waals surface area contributed by atoms with E-state index in [1.807, 2.05) is 38.1 Å². The molecule has 0 saturated carbocycles. The van der Waals surface area contributed by atoms with Crippen molar-refractivity contribution in [3.8, 4) is 22.8 Å². The highest BCUT2D eigenvalue weighted by molar-refractivity contribution is 7.07. The van der Waals surface area contributed by atoms with E-state index in [4.69, 9.17) is 30.2 Å². The number of carbonyl (C=O) groups is 2. The largest absolute Gasteiger partial charge is 0.490 e. The van der Waals surface area contributed by atoms with Crippen molar-refractivity contribution in [3.63, 3.8) is 0 Å². The van der Waals surface area contributed by atoms with Crippen molar-refractivity contribution in [2.75, 3.05) is 26.9 Å². The topological polar surface area (TPSA) is 119 Å². The molecule has 1 atom stereocenters. The molecule has 5 rings (SSSR count). The number of thiazole rings is 1. The lowest BCUT2D eigenvalue weighted by Gasteiger charge is -2.25. The number of hydrogen-bond acceptors (Lipinski definition) is 10. The molecule has 10 nitrogen and oxygen atoms in total. The van der Waals surface area contributed by atoms with E-state index in [-0.39, 0.29) is 24.3 Å². The highest BCUT2D eigenvalue weighted by Gasteiger charge is 2.34. The summed E-state index contributed by atoms with van der Waals surface area (Å²) in [7, 11) is 1.27. The van der Waals surface area contributed by atoms with Crippen LogP contribution in [0.15, 0.2) is 74.0 Å². The zero-order valence-electron chi connectivity index (χ0n) is 25.3. The standard InChI is InChI=1S/C33H31ClN2O8S/c1-6-41-26-14-20(9-12-25(26)43-17-28(37)40-5)30-29(32(39)42-7-2)19(4)35-33-36(30)31(38)27(45-33)16-22-11-13-24(44-22)23-15-21(34)10-8-18(23)3/h8-16,30H,6-7,17H2,1-5H3/b27-16+/t30-/m0/s1. The molecule has 45 heavy (non-hydrogen) atoms. The molecule has 2 aromatic heterocycles. The smallest absolute Gasteiger partial charge is 0.343 e. The third-order valence-electron chi connectivity index (χ3n) is 7.04. The van der Waals surface area contributed by atoms with Crippen LogP contribution in [0.25, 0.3) is 17.4 Å². The number of rotatable bonds is 10. The van der Waals surface area contributed by atoms with Crippen LogP contribution in [0.1, 0.15) is 43.7 Å². The number of allylic oxidation sites excluding steroid dienone is 1. The quantitative estimate of drug-likeness (QED) is 0.221. The van der Waals surface area contributed by atoms with Crippen LogP contribution in [0.3, 0.4) is 0 Å². The second-order valence-corrected chi connectivity index (χ2v) is 11.4. The van der Waals surface area contributed by atoms with Gasteiger partial charge in [-0.25, -0.2) is 14.6 Å². The lowest BCUT2D eigenvalue weighted by Crippen LogP contribution is -2.40. The molecule has 0 radical (unpaired) electrons. The number of aromatic nitrogens is 1. The number of ether oxygens (including phenoxy) is 4. The maximum absolute atomic E-state index is 14.0. The zero-order valence-corrected chi connectivity index (χ0v) is 26.9. The van der Waals surface area contributed by atoms with Crippen LogP contribution in [-0.4, -0.2) is 43.4 Å². The molecule has 234 valence electrons. The summed E-state index contributed by atoms with van der Waals surface area (Å²) in [6.45, 7) is 7.32. The van der Waals surface area contributed by atoms with E-state index >= 15 is 0 Å². The Bertz CT molecular complexity index is 1990. The van der Waals surface area contributed by atoms with E-state index in [9.17, 15) is 14.4 Å². The Kier molecular flexibility index (Phi) is 9.60. The van der Waals surface area contributed by atoms with Gasteiger partial charge in [0.1, 0.15) is 11.5 Å². The number of halogens is 1. The van der Waals surface area contributed by atoms with E-state index in [1.54, 1.807) is 44.2 Å². The first-order valence-corrected chi connectivity index (χ1v) is 15.4. The molecular weight excluding hydrogens is 620 g/mol. The van der Waals surface area contributed by atoms with Gasteiger partial charge >= 0.3 is 11.9 Å². The third kappa shape index (κ3) is 6.59. The SMILES string of the molecule is CCOC(=O)C1=C(C)N=c2s/c(=C/c3ccc(-c4cc(Cl)ccc4C)o3)c(=O)n2[C@H]1c1ccc(OCC(=O)OC)c(OCC)c1. The van der Waals surface area contributed by atoms with E-state index in [0.29, 0.717) is 55.2 Å². The Labute approximate surface area is 267 Å². The second-order valence-electron chi connectivity index (χ2n) is 9.97. The molecule has 1 aliphatic rings. The van der Waals surface area contributed by atoms with E-state index in [2.05, 4.69) is 9.73 Å². The molecular formula is C33H31ClN2O8S. The number of esters is 2. The van der Waals surface area contributed by atoms with Crippen molar-refractivity contribution in [2.24, 2.45) is 4.99 Å². The highest BCUT2D eigenvalue weighted by Crippen LogP contribution is 2.36. The molecule has 3 heterocycles. The maximum Gasteiger partial charge on any atom is 0.343 e. The summed E-state index contributed by atoms with van der Waals surface area (Å²) in [6, 6.07) is 13.3. The van der Waals surface area contributed by atoms with Gasteiger partial charge in [0, 0.05) is 16.7 Å². The van der Waals surface area contributed by atoms with Crippen molar-refractivity contribution in [3.05, 3.63) is 101 Å². The summed E-state index contributed by atoms with van der Waals surface area (Å²) in [6.07, 6.45) is 1.66. The fraction of sp³-hybridized carbons (Fsp3) is 0.273. The van der Waals surface area contributed by atoms with Crippen molar-refractivity contribution >= 4 is 41.0 Å². The molecule has 0 bridgehead atoms. The summed E-state index contributed by atoms with van der Waals surface area (Å²) >= 11 is 7.39. The first kappa shape index (κ1) is 31.8. The molecule has 0 unspecified atom stereocenters. The lowest BCUT2D eigenvalue weighted by molar-refractivity contribution is -0.143. The first-order chi connectivity index (χ1) is 21.6. The number of benzene rings is 2. The molecule has 2 aromatic carbocycles. The monoisotopic (exact) mass is 650 g/mol. The summed E-state index contributed by atoms with van der Waals surface area (Å²) in [4.78, 5) is 44.1. The normalized spacial score (nSPS) is 14.5. The molecule has 0 aliphatic carbocycles. The zero-order chi connectivity index (χ0) is 32.2. The minimum Gasteiger partial charge on any atom is -0.490 e. The van der Waals surface area contributed by atoms with Gasteiger partial charge < -0.3 is 23.4 Å². The average Bonchev–Trinajstić information content (AvgIpc) is 3.60. The summed E-state index contributed by atoms with van der Waals surface area (Å²) in [5.41, 5.74) is 2.69. The molecule has 0 saturated heterocycles. The van der Waals surface area contributed by atoms with Crippen molar-refractivity contribution in [2.45, 2.75) is 33.7 Å². The molecule has 0 fully saturated rings. The van der Waals surface area contributed by atoms with Crippen LogP contribution in [0.2, 0.25) is 5.02 Å². The molecule has 1 aliphatic heterocycles. The average molecular weight is 651 g/mol. The van der Waals surface area contributed by atoms with Gasteiger partial charge in [0.25, 0.3) is 5.56 Å². The molecule has 0 amide bonds. The predicted molar refractivity (Wildman–Crippen MR) is 169 cm³/mol. The van der Waals surface area contributed by atoms with Crippen LogP contribution in [-0.2, 0) is 19.1 Å². The van der Waals surface area contributed by atoms with Crippen molar-refractivity contribution in [1.82, 2.24) is 4.57 Å². The van der Waals surface area contributed by atoms with Gasteiger partial charge in [-0.15, -0.1) is 0 Å². The Morgan fingerprint density at radius 2 is 1.84 bits per heavy atom. The van der Waals surface area contributed by atoms with Gasteiger partial charge in [-0.05, 0) is 75.2 Å². The maximum atomic E-state index is 14.0. The van der Waals surface area contributed by atoms with E-state index in [0.717, 1.165) is 11.1 Å². The number of fused-ring (bicyclic) bond motifs is 1. The Balaban J connectivity index is 1.62. The van der Waals surface area contributed by atoms with Crippen LogP contribution in [0.5, 0.6) is 11.5 Å². The van der Waals surface area contributed by atoms with E-state index in [1.165, 1.54) is 23.0 Å². The van der Waals surface area contributed by atoms with Gasteiger partial charge in [-0.1, -0.05) is 35.1 Å². The molecule has 0 N–H and O–H groups in total. The molecule has 4 aromatic rings. The van der Waals surface area contributed by atoms with Crippen molar-refractivity contribution < 1.29 is 33.0 Å². The molecule has 0 spiro atoms. The lowest BCUT2D eigenvalue weighted by atomic mass is 9.95. The van der Waals surface area contributed by atoms with Crippen LogP contribution >= 0.6 is 22.9 Å². The van der Waals surface area contributed by atoms with Crippen molar-refractivity contribution in [1.29, 1.82) is 0 Å². The Morgan fingerprint density at radius 1 is 1.04 bits per heavy atom. The van der Waals surface area contributed by atoms with Gasteiger partial charge in [-0.2, -0.15) is 0 Å². The minimum atomic E-state index is -0.877. The van der Waals surface area contributed by atoms with E-state index < -0.39 is 18.0 Å². The highest BCUT2D eigenvalue weighted by atomic mass is 35.5. The summed E-state index contributed by atoms with van der Waals surface area (Å²) in [5, 5.41) is 0.588. The number of aryl methyl sites for hydroxylation is 1. The third-order valence-corrected chi connectivity index (χ3v) is 8.26. The van der Waals surface area contributed by atoms with Gasteiger partial charge in [0.15, 0.2) is 22.9 Å². The van der Waals surface area contributed by atoms with Crippen LogP contribution in [0, 0.1) is 6.92 Å². The fourth-order valence-corrected chi connectivity index (χ4v) is 6.15. The molecule has 12 heteroatoms. The Hall–Kier alpha value is -4.61. The van der Waals surface area contributed by atoms with Gasteiger partial charge in [0.2, 0.25) is 0 Å². The summed E-state index contributed by atoms with van der Waals surface area (Å²) in [5.74, 6) is 0.583. The van der Waals surface area contributed by atoms with Gasteiger partial charge in [-0.3, -0.25) is 9.36 Å². The number of hydrogen-bond donors (Lipinski definition) is 0. The Morgan fingerprint density at radius 3 is 2.58 bits per heavy atom. The minimum absolute atomic E-state index is 0.143. The number of methoxy groups -OCH3 is 1. The number of carbonyl (C=O) groups excluding carboxylic acids is 2.